The van der Waals surface area contributed by atoms with E-state index in [1.165, 1.54) is 14.2 Å². The van der Waals surface area contributed by atoms with Gasteiger partial charge < -0.3 is 19.3 Å². The summed E-state index contributed by atoms with van der Waals surface area (Å²) in [5.74, 6) is 0.146. The summed E-state index contributed by atoms with van der Waals surface area (Å²) in [6.07, 6.45) is 1.00. The SMILES string of the molecule is CCOC(=O)C=C(O)c1cc(OC)ccc1OC. The van der Waals surface area contributed by atoms with Gasteiger partial charge in [0, 0.05) is 0 Å². The number of ether oxygens (including phenoxy) is 3. The highest BCUT2D eigenvalue weighted by atomic mass is 16.5. The smallest absolute Gasteiger partial charge is 0.334 e. The van der Waals surface area contributed by atoms with Crippen LogP contribution in [-0.2, 0) is 9.53 Å². The van der Waals surface area contributed by atoms with Gasteiger partial charge in [0.05, 0.1) is 32.5 Å². The molecular weight excluding hydrogens is 236 g/mol. The number of methoxy groups -OCH3 is 2. The van der Waals surface area contributed by atoms with Crippen LogP contribution in [0.3, 0.4) is 0 Å². The van der Waals surface area contributed by atoms with E-state index in [4.69, 9.17) is 14.2 Å². The molecule has 0 heterocycles. The summed E-state index contributed by atoms with van der Waals surface area (Å²) in [7, 11) is 2.99. The molecule has 0 atom stereocenters. The van der Waals surface area contributed by atoms with Gasteiger partial charge >= 0.3 is 5.97 Å². The zero-order valence-corrected chi connectivity index (χ0v) is 10.6. The van der Waals surface area contributed by atoms with Crippen LogP contribution < -0.4 is 9.47 Å². The zero-order chi connectivity index (χ0) is 13.5. The number of aliphatic hydroxyl groups excluding tert-OH is 1. The van der Waals surface area contributed by atoms with Gasteiger partial charge in [-0.25, -0.2) is 4.79 Å². The molecule has 18 heavy (non-hydrogen) atoms. The molecule has 0 aliphatic rings. The average molecular weight is 252 g/mol. The molecule has 0 radical (unpaired) electrons. The Kier molecular flexibility index (Phi) is 5.05. The van der Waals surface area contributed by atoms with Crippen LogP contribution in [-0.4, -0.2) is 31.9 Å². The lowest BCUT2D eigenvalue weighted by molar-refractivity contribution is -0.137. The van der Waals surface area contributed by atoms with Crippen LogP contribution in [0.2, 0.25) is 0 Å². The molecule has 98 valence electrons. The predicted octanol–water partition coefficient (Wildman–Crippen LogP) is 2.17. The molecule has 0 unspecified atom stereocenters. The largest absolute Gasteiger partial charge is 0.507 e. The summed E-state index contributed by atoms with van der Waals surface area (Å²) in [6.45, 7) is 1.94. The Bertz CT molecular complexity index is 451. The summed E-state index contributed by atoms with van der Waals surface area (Å²) < 4.78 is 14.9. The minimum Gasteiger partial charge on any atom is -0.507 e. The average Bonchev–Trinajstić information content (AvgIpc) is 2.38. The van der Waals surface area contributed by atoms with E-state index in [2.05, 4.69) is 0 Å². The quantitative estimate of drug-likeness (QED) is 0.494. The maximum atomic E-state index is 11.3. The Hall–Kier alpha value is -2.17. The second-order valence-electron chi connectivity index (χ2n) is 3.35. The van der Waals surface area contributed by atoms with Crippen LogP contribution in [0.5, 0.6) is 11.5 Å². The van der Waals surface area contributed by atoms with Crippen molar-refractivity contribution in [1.82, 2.24) is 0 Å². The lowest BCUT2D eigenvalue weighted by Gasteiger charge is -2.09. The summed E-state index contributed by atoms with van der Waals surface area (Å²) in [4.78, 5) is 11.3. The van der Waals surface area contributed by atoms with Gasteiger partial charge in [0.2, 0.25) is 0 Å². The fraction of sp³-hybridized carbons (Fsp3) is 0.308. The van der Waals surface area contributed by atoms with E-state index in [1.807, 2.05) is 0 Å². The lowest BCUT2D eigenvalue weighted by Crippen LogP contribution is -2.01. The van der Waals surface area contributed by atoms with Gasteiger partial charge in [0.1, 0.15) is 17.3 Å². The normalized spacial score (nSPS) is 10.9. The van der Waals surface area contributed by atoms with E-state index in [-0.39, 0.29) is 12.4 Å². The number of hydrogen-bond acceptors (Lipinski definition) is 5. The second kappa shape index (κ2) is 6.54. The van der Waals surface area contributed by atoms with Crippen LogP contribution in [0.1, 0.15) is 12.5 Å². The minimum atomic E-state index is -0.611. The van der Waals surface area contributed by atoms with Gasteiger partial charge in [-0.15, -0.1) is 0 Å². The molecule has 0 aliphatic heterocycles. The fourth-order valence-electron chi connectivity index (χ4n) is 1.39. The van der Waals surface area contributed by atoms with Crippen molar-refractivity contribution < 1.29 is 24.1 Å². The van der Waals surface area contributed by atoms with Crippen LogP contribution in [0.4, 0.5) is 0 Å². The van der Waals surface area contributed by atoms with Crippen LogP contribution in [0.15, 0.2) is 24.3 Å². The van der Waals surface area contributed by atoms with Crippen molar-refractivity contribution >= 4 is 11.7 Å². The molecule has 5 heteroatoms. The van der Waals surface area contributed by atoms with E-state index >= 15 is 0 Å². The molecule has 0 fully saturated rings. The standard InChI is InChI=1S/C13H16O5/c1-4-18-13(15)8-11(14)10-7-9(16-2)5-6-12(10)17-3/h5-8,14H,4H2,1-3H3. The molecule has 0 saturated carbocycles. The Labute approximate surface area is 106 Å². The van der Waals surface area contributed by atoms with Crippen LogP contribution in [0, 0.1) is 0 Å². The molecule has 0 spiro atoms. The van der Waals surface area contributed by atoms with Gasteiger partial charge in [-0.3, -0.25) is 0 Å². The Morgan fingerprint density at radius 3 is 2.61 bits per heavy atom. The van der Waals surface area contributed by atoms with Gasteiger partial charge in [0.15, 0.2) is 0 Å². The van der Waals surface area contributed by atoms with Crippen LogP contribution >= 0.6 is 0 Å². The molecule has 0 bridgehead atoms. The van der Waals surface area contributed by atoms with E-state index in [1.54, 1.807) is 25.1 Å². The van der Waals surface area contributed by atoms with Crippen molar-refractivity contribution in [2.24, 2.45) is 0 Å². The number of esters is 1. The monoisotopic (exact) mass is 252 g/mol. The van der Waals surface area contributed by atoms with Crippen molar-refractivity contribution in [1.29, 1.82) is 0 Å². The first-order chi connectivity index (χ1) is 8.62. The third-order valence-corrected chi connectivity index (χ3v) is 2.22. The number of benzene rings is 1. The molecule has 1 aromatic rings. The molecule has 5 nitrogen and oxygen atoms in total. The van der Waals surface area contributed by atoms with E-state index in [0.717, 1.165) is 6.08 Å². The highest BCUT2D eigenvalue weighted by molar-refractivity contribution is 5.90. The number of carbonyl (C=O) groups is 1. The Morgan fingerprint density at radius 2 is 2.06 bits per heavy atom. The molecule has 1 rings (SSSR count). The van der Waals surface area contributed by atoms with E-state index in [9.17, 15) is 9.90 Å². The van der Waals surface area contributed by atoms with Crippen molar-refractivity contribution in [2.45, 2.75) is 6.92 Å². The highest BCUT2D eigenvalue weighted by Gasteiger charge is 2.11. The molecule has 0 aromatic heterocycles. The lowest BCUT2D eigenvalue weighted by atomic mass is 10.1. The highest BCUT2D eigenvalue weighted by Crippen LogP contribution is 2.28. The Balaban J connectivity index is 3.09. The second-order valence-corrected chi connectivity index (χ2v) is 3.35. The van der Waals surface area contributed by atoms with Crippen molar-refractivity contribution in [2.75, 3.05) is 20.8 Å². The van der Waals surface area contributed by atoms with Gasteiger partial charge in [-0.2, -0.15) is 0 Å². The van der Waals surface area contributed by atoms with Crippen LogP contribution in [0.25, 0.3) is 5.76 Å². The summed E-state index contributed by atoms with van der Waals surface area (Å²) in [5.41, 5.74) is 0.366. The summed E-state index contributed by atoms with van der Waals surface area (Å²) in [6, 6.07) is 4.91. The minimum absolute atomic E-state index is 0.232. The van der Waals surface area contributed by atoms with Gasteiger partial charge in [-0.1, -0.05) is 0 Å². The molecule has 1 aromatic carbocycles. The molecule has 0 amide bonds. The Morgan fingerprint density at radius 1 is 1.33 bits per heavy atom. The molecule has 0 aliphatic carbocycles. The van der Waals surface area contributed by atoms with Gasteiger partial charge in [0.25, 0.3) is 0 Å². The van der Waals surface area contributed by atoms with Crippen molar-refractivity contribution in [3.63, 3.8) is 0 Å². The number of carbonyl (C=O) groups excluding carboxylic acids is 1. The first-order valence-electron chi connectivity index (χ1n) is 5.42. The summed E-state index contributed by atoms with van der Waals surface area (Å²) in [5, 5.41) is 9.87. The zero-order valence-electron chi connectivity index (χ0n) is 10.6. The maximum absolute atomic E-state index is 11.3. The van der Waals surface area contributed by atoms with Crippen molar-refractivity contribution in [3.05, 3.63) is 29.8 Å². The third-order valence-electron chi connectivity index (χ3n) is 2.22. The first kappa shape index (κ1) is 13.9. The van der Waals surface area contributed by atoms with E-state index in [0.29, 0.717) is 17.1 Å². The first-order valence-corrected chi connectivity index (χ1v) is 5.42. The predicted molar refractivity (Wildman–Crippen MR) is 66.8 cm³/mol. The summed E-state index contributed by atoms with van der Waals surface area (Å²) >= 11 is 0. The van der Waals surface area contributed by atoms with E-state index < -0.39 is 5.97 Å². The third kappa shape index (κ3) is 3.41. The number of rotatable bonds is 5. The topological polar surface area (TPSA) is 65.0 Å². The van der Waals surface area contributed by atoms with Crippen molar-refractivity contribution in [3.8, 4) is 11.5 Å². The number of aliphatic hydroxyl groups is 1. The molecular formula is C13H16O5. The maximum Gasteiger partial charge on any atom is 0.334 e. The fourth-order valence-corrected chi connectivity index (χ4v) is 1.39. The van der Waals surface area contributed by atoms with Gasteiger partial charge in [-0.05, 0) is 25.1 Å². The molecule has 0 saturated heterocycles. The number of hydrogen-bond donors (Lipinski definition) is 1. The molecule has 1 N–H and O–H groups in total.